The van der Waals surface area contributed by atoms with Gasteiger partial charge in [-0.2, -0.15) is 0 Å². The molecule has 4 heteroatoms. The van der Waals surface area contributed by atoms with Crippen LogP contribution in [0.2, 0.25) is 8.67 Å². The van der Waals surface area contributed by atoms with Crippen molar-refractivity contribution >= 4 is 34.5 Å². The van der Waals surface area contributed by atoms with Crippen molar-refractivity contribution in [3.05, 3.63) is 56.2 Å². The predicted molar refractivity (Wildman–Crippen MR) is 94.5 cm³/mol. The molecule has 0 aliphatic carbocycles. The molecule has 1 heterocycles. The Bertz CT molecular complexity index is 565. The fourth-order valence-corrected chi connectivity index (χ4v) is 4.14. The van der Waals surface area contributed by atoms with Crippen LogP contribution in [0.4, 0.5) is 0 Å². The van der Waals surface area contributed by atoms with Gasteiger partial charge in [0.05, 0.1) is 8.67 Å². The van der Waals surface area contributed by atoms with E-state index in [0.29, 0.717) is 12.0 Å². The van der Waals surface area contributed by atoms with Crippen LogP contribution in [0.3, 0.4) is 0 Å². The summed E-state index contributed by atoms with van der Waals surface area (Å²) < 4.78 is 1.51. The highest BCUT2D eigenvalue weighted by Crippen LogP contribution is 2.36. The Labute approximate surface area is 141 Å². The standard InChI is InChI=1S/C17H21Cl2NS/c1-11(2)9-15(13-7-5-4-6-8-13)20-12(3)14-10-16(18)21-17(14)19/h4-8,10-12,15,20H,9H2,1-3H3. The molecular weight excluding hydrogens is 321 g/mol. The molecule has 0 spiro atoms. The van der Waals surface area contributed by atoms with Crippen molar-refractivity contribution in [2.75, 3.05) is 0 Å². The van der Waals surface area contributed by atoms with Crippen molar-refractivity contribution in [3.8, 4) is 0 Å². The largest absolute Gasteiger partial charge is 0.303 e. The molecule has 0 saturated heterocycles. The fraction of sp³-hybridized carbons (Fsp3) is 0.412. The van der Waals surface area contributed by atoms with E-state index in [-0.39, 0.29) is 6.04 Å². The van der Waals surface area contributed by atoms with Crippen LogP contribution in [0.25, 0.3) is 0 Å². The monoisotopic (exact) mass is 341 g/mol. The van der Waals surface area contributed by atoms with Gasteiger partial charge in [-0.15, -0.1) is 11.3 Å². The van der Waals surface area contributed by atoms with Gasteiger partial charge < -0.3 is 5.32 Å². The number of thiophene rings is 1. The summed E-state index contributed by atoms with van der Waals surface area (Å²) in [5.74, 6) is 0.622. The fourth-order valence-electron chi connectivity index (χ4n) is 2.50. The summed E-state index contributed by atoms with van der Waals surface area (Å²) in [6.07, 6.45) is 1.09. The van der Waals surface area contributed by atoms with E-state index in [4.69, 9.17) is 23.2 Å². The van der Waals surface area contributed by atoms with Gasteiger partial charge in [-0.3, -0.25) is 0 Å². The molecule has 0 radical (unpaired) electrons. The van der Waals surface area contributed by atoms with E-state index in [0.717, 1.165) is 20.7 Å². The van der Waals surface area contributed by atoms with Crippen LogP contribution in [0, 0.1) is 5.92 Å². The van der Waals surface area contributed by atoms with Crippen molar-refractivity contribution in [3.63, 3.8) is 0 Å². The normalized spacial score (nSPS) is 14.4. The summed E-state index contributed by atoms with van der Waals surface area (Å²) in [5, 5.41) is 3.70. The molecule has 2 unspecified atom stereocenters. The first-order valence-electron chi connectivity index (χ1n) is 7.23. The number of halogens is 2. The van der Waals surface area contributed by atoms with Crippen molar-refractivity contribution in [2.45, 2.75) is 39.3 Å². The number of hydrogen-bond acceptors (Lipinski definition) is 2. The molecule has 2 aromatic rings. The first kappa shape index (κ1) is 16.8. The molecule has 2 rings (SSSR count). The minimum atomic E-state index is 0.171. The molecule has 21 heavy (non-hydrogen) atoms. The summed E-state index contributed by atoms with van der Waals surface area (Å²) in [5.41, 5.74) is 2.40. The minimum Gasteiger partial charge on any atom is -0.303 e. The first-order chi connectivity index (χ1) is 9.97. The third-order valence-electron chi connectivity index (χ3n) is 3.51. The lowest BCUT2D eigenvalue weighted by atomic mass is 9.96. The highest BCUT2D eigenvalue weighted by Gasteiger charge is 2.19. The zero-order chi connectivity index (χ0) is 15.4. The molecule has 1 nitrogen and oxygen atoms in total. The van der Waals surface area contributed by atoms with Gasteiger partial charge >= 0.3 is 0 Å². The number of hydrogen-bond donors (Lipinski definition) is 1. The van der Waals surface area contributed by atoms with E-state index in [1.807, 2.05) is 6.07 Å². The lowest BCUT2D eigenvalue weighted by molar-refractivity contribution is 0.395. The molecule has 0 aliphatic rings. The molecule has 1 N–H and O–H groups in total. The quantitative estimate of drug-likeness (QED) is 0.632. The third-order valence-corrected chi connectivity index (χ3v) is 5.03. The molecule has 0 saturated carbocycles. The Balaban J connectivity index is 2.17. The van der Waals surface area contributed by atoms with Crippen molar-refractivity contribution in [1.29, 1.82) is 0 Å². The van der Waals surface area contributed by atoms with Gasteiger partial charge in [-0.05, 0) is 36.5 Å². The van der Waals surface area contributed by atoms with E-state index in [1.165, 1.54) is 16.9 Å². The van der Waals surface area contributed by atoms with E-state index >= 15 is 0 Å². The molecule has 0 fully saturated rings. The number of rotatable bonds is 6. The second-order valence-electron chi connectivity index (χ2n) is 5.76. The third kappa shape index (κ3) is 4.72. The van der Waals surface area contributed by atoms with Crippen molar-refractivity contribution in [2.24, 2.45) is 5.92 Å². The number of nitrogens with one attached hydrogen (secondary N) is 1. The summed E-state index contributed by atoms with van der Waals surface area (Å²) >= 11 is 13.7. The van der Waals surface area contributed by atoms with Gasteiger partial charge in [0.25, 0.3) is 0 Å². The maximum Gasteiger partial charge on any atom is 0.0991 e. The second-order valence-corrected chi connectivity index (χ2v) is 8.05. The predicted octanol–water partition coefficient (Wildman–Crippen LogP) is 6.49. The first-order valence-corrected chi connectivity index (χ1v) is 8.80. The maximum atomic E-state index is 6.27. The van der Waals surface area contributed by atoms with Crippen LogP contribution < -0.4 is 5.32 Å². The van der Waals surface area contributed by atoms with Crippen LogP contribution in [-0.2, 0) is 0 Å². The van der Waals surface area contributed by atoms with Crippen molar-refractivity contribution < 1.29 is 0 Å². The molecule has 0 bridgehead atoms. The molecular formula is C17H21Cl2NS. The van der Waals surface area contributed by atoms with E-state index < -0.39 is 0 Å². The molecule has 2 atom stereocenters. The zero-order valence-corrected chi connectivity index (χ0v) is 14.9. The summed E-state index contributed by atoms with van der Waals surface area (Å²) in [6, 6.07) is 13.0. The van der Waals surface area contributed by atoms with E-state index in [9.17, 15) is 0 Å². The minimum absolute atomic E-state index is 0.171. The average Bonchev–Trinajstić information content (AvgIpc) is 2.77. The van der Waals surface area contributed by atoms with Crippen LogP contribution >= 0.6 is 34.5 Å². The van der Waals surface area contributed by atoms with E-state index in [1.54, 1.807) is 0 Å². The zero-order valence-electron chi connectivity index (χ0n) is 12.6. The van der Waals surface area contributed by atoms with Crippen molar-refractivity contribution in [1.82, 2.24) is 5.32 Å². The molecule has 0 aliphatic heterocycles. The summed E-state index contributed by atoms with van der Waals surface area (Å²) in [6.45, 7) is 6.63. The Morgan fingerprint density at radius 1 is 1.10 bits per heavy atom. The molecule has 0 amide bonds. The van der Waals surface area contributed by atoms with Gasteiger partial charge in [-0.1, -0.05) is 67.4 Å². The smallest absolute Gasteiger partial charge is 0.0991 e. The Hall–Kier alpha value is -0.540. The number of benzene rings is 1. The highest BCUT2D eigenvalue weighted by atomic mass is 35.5. The average molecular weight is 342 g/mol. The highest BCUT2D eigenvalue weighted by molar-refractivity contribution is 7.20. The SMILES string of the molecule is CC(C)CC(NC(C)c1cc(Cl)sc1Cl)c1ccccc1. The Kier molecular flexibility index (Phi) is 6.12. The van der Waals surface area contributed by atoms with Gasteiger partial charge in [0, 0.05) is 12.1 Å². The van der Waals surface area contributed by atoms with Crippen LogP contribution in [0.5, 0.6) is 0 Å². The van der Waals surface area contributed by atoms with Gasteiger partial charge in [0.1, 0.15) is 0 Å². The van der Waals surface area contributed by atoms with Gasteiger partial charge in [-0.25, -0.2) is 0 Å². The van der Waals surface area contributed by atoms with Crippen LogP contribution in [0.1, 0.15) is 50.4 Å². The second kappa shape index (κ2) is 7.64. The Morgan fingerprint density at radius 3 is 2.29 bits per heavy atom. The van der Waals surface area contributed by atoms with Gasteiger partial charge in [0.2, 0.25) is 0 Å². The van der Waals surface area contributed by atoms with Crippen LogP contribution in [-0.4, -0.2) is 0 Å². The topological polar surface area (TPSA) is 12.0 Å². The molecule has 114 valence electrons. The summed E-state index contributed by atoms with van der Waals surface area (Å²) in [7, 11) is 0. The lowest BCUT2D eigenvalue weighted by Crippen LogP contribution is -2.25. The van der Waals surface area contributed by atoms with Gasteiger partial charge in [0.15, 0.2) is 0 Å². The molecule has 1 aromatic heterocycles. The molecule has 1 aromatic carbocycles. The summed E-state index contributed by atoms with van der Waals surface area (Å²) in [4.78, 5) is 0. The Morgan fingerprint density at radius 2 is 1.76 bits per heavy atom. The maximum absolute atomic E-state index is 6.27. The van der Waals surface area contributed by atoms with E-state index in [2.05, 4.69) is 56.4 Å². The van der Waals surface area contributed by atoms with Crippen LogP contribution in [0.15, 0.2) is 36.4 Å². The lowest BCUT2D eigenvalue weighted by Gasteiger charge is -2.25.